The summed E-state index contributed by atoms with van der Waals surface area (Å²) in [4.78, 5) is 31.2. The first-order valence-corrected chi connectivity index (χ1v) is 10.4. The summed E-state index contributed by atoms with van der Waals surface area (Å²) in [7, 11) is 1.29. The lowest BCUT2D eigenvalue weighted by Crippen LogP contribution is -2.31. The molecule has 1 fully saturated rings. The minimum Gasteiger partial charge on any atom is -0.496 e. The number of fused-ring (bicyclic) bond motifs is 1. The van der Waals surface area contributed by atoms with Crippen molar-refractivity contribution in [3.63, 3.8) is 0 Å². The zero-order chi connectivity index (χ0) is 24.8. The van der Waals surface area contributed by atoms with E-state index in [0.29, 0.717) is 0 Å². The van der Waals surface area contributed by atoms with Gasteiger partial charge in [0.25, 0.3) is 5.91 Å². The number of nitrogens with zero attached hydrogens (tertiary/aromatic N) is 1. The van der Waals surface area contributed by atoms with E-state index in [2.05, 4.69) is 9.97 Å². The molecular formula is C23H20F5N3O3. The van der Waals surface area contributed by atoms with Gasteiger partial charge in [-0.25, -0.2) is 8.78 Å². The number of pyridine rings is 2. The van der Waals surface area contributed by atoms with E-state index in [4.69, 9.17) is 10.5 Å². The molecule has 3 aromatic rings. The minimum atomic E-state index is -4.63. The molecule has 0 bridgehead atoms. The average Bonchev–Trinajstić information content (AvgIpc) is 2.77. The van der Waals surface area contributed by atoms with Gasteiger partial charge in [0.05, 0.1) is 23.6 Å². The number of hydrogen-bond donors (Lipinski definition) is 2. The first-order chi connectivity index (χ1) is 15.9. The summed E-state index contributed by atoms with van der Waals surface area (Å²) in [5.41, 5.74) is 3.84. The molecule has 1 unspecified atom stereocenters. The van der Waals surface area contributed by atoms with E-state index >= 15 is 0 Å². The largest absolute Gasteiger partial charge is 0.496 e. The van der Waals surface area contributed by atoms with Gasteiger partial charge in [-0.3, -0.25) is 14.6 Å². The SMILES string of the molecule is COc1ccc(C(F)(F)F)cc1[C@@H]1CCC(F)(F)CC1c1cc(=O)c2c(C(N)=O)nccc2[nH]1. The van der Waals surface area contributed by atoms with Crippen LogP contribution in [0.25, 0.3) is 10.9 Å². The van der Waals surface area contributed by atoms with E-state index < -0.39 is 53.7 Å². The van der Waals surface area contributed by atoms with Crippen molar-refractivity contribution in [2.75, 3.05) is 7.11 Å². The van der Waals surface area contributed by atoms with Gasteiger partial charge < -0.3 is 15.5 Å². The number of ether oxygens (including phenoxy) is 1. The number of carbonyl (C=O) groups excluding carboxylic acids is 1. The number of nitrogens with two attached hydrogens (primary N) is 1. The number of hydrogen-bond acceptors (Lipinski definition) is 4. The number of alkyl halides is 5. The normalized spacial score (nSPS) is 20.3. The number of methoxy groups -OCH3 is 1. The molecule has 4 rings (SSSR count). The standard InChI is InChI=1S/C23H20F5N3O3/c1-34-18-3-2-11(23(26,27)28)8-13(18)12-4-6-22(24,25)10-14(12)16-9-17(32)19-15(31-16)5-7-30-20(19)21(29)33/h2-3,5,7-9,12,14H,4,6,10H2,1H3,(H2,29,33)(H,31,32)/t12-,14?/m0/s1. The van der Waals surface area contributed by atoms with Crippen molar-refractivity contribution in [2.24, 2.45) is 5.73 Å². The Morgan fingerprint density at radius 3 is 2.59 bits per heavy atom. The summed E-state index contributed by atoms with van der Waals surface area (Å²) >= 11 is 0. The third kappa shape index (κ3) is 4.34. The monoisotopic (exact) mass is 481 g/mol. The number of aromatic nitrogens is 2. The van der Waals surface area contributed by atoms with Crippen LogP contribution in [0.2, 0.25) is 0 Å². The Kier molecular flexibility index (Phi) is 5.82. The van der Waals surface area contributed by atoms with Gasteiger partial charge in [0.1, 0.15) is 11.4 Å². The number of amides is 1. The molecule has 0 saturated heterocycles. The Morgan fingerprint density at radius 2 is 1.94 bits per heavy atom. The summed E-state index contributed by atoms with van der Waals surface area (Å²) in [6.45, 7) is 0. The van der Waals surface area contributed by atoms with Crippen molar-refractivity contribution in [1.29, 1.82) is 0 Å². The predicted molar refractivity (Wildman–Crippen MR) is 113 cm³/mol. The van der Waals surface area contributed by atoms with E-state index in [1.807, 2.05) is 0 Å². The van der Waals surface area contributed by atoms with Crippen LogP contribution in [0.4, 0.5) is 22.0 Å². The van der Waals surface area contributed by atoms with E-state index in [0.717, 1.165) is 24.3 Å². The van der Waals surface area contributed by atoms with Gasteiger partial charge in [-0.2, -0.15) is 13.2 Å². The molecule has 3 N–H and O–H groups in total. The van der Waals surface area contributed by atoms with E-state index in [-0.39, 0.29) is 40.0 Å². The third-order valence-corrected chi connectivity index (χ3v) is 6.18. The maximum Gasteiger partial charge on any atom is 0.416 e. The van der Waals surface area contributed by atoms with Crippen LogP contribution in [0.1, 0.15) is 58.4 Å². The lowest BCUT2D eigenvalue weighted by atomic mass is 9.71. The zero-order valence-corrected chi connectivity index (χ0v) is 17.9. The van der Waals surface area contributed by atoms with Crippen molar-refractivity contribution >= 4 is 16.8 Å². The van der Waals surface area contributed by atoms with Gasteiger partial charge in [-0.15, -0.1) is 0 Å². The summed E-state index contributed by atoms with van der Waals surface area (Å²) in [5.74, 6) is -5.69. The Bertz CT molecular complexity index is 1320. The molecule has 0 radical (unpaired) electrons. The quantitative estimate of drug-likeness (QED) is 0.526. The summed E-state index contributed by atoms with van der Waals surface area (Å²) in [6.07, 6.45) is -4.73. The van der Waals surface area contributed by atoms with Crippen molar-refractivity contribution in [2.45, 2.75) is 43.2 Å². The van der Waals surface area contributed by atoms with Gasteiger partial charge >= 0.3 is 6.18 Å². The highest BCUT2D eigenvalue weighted by Crippen LogP contribution is 2.51. The fourth-order valence-corrected chi connectivity index (χ4v) is 4.64. The molecule has 180 valence electrons. The number of aromatic amines is 1. The highest BCUT2D eigenvalue weighted by atomic mass is 19.4. The first kappa shape index (κ1) is 23.7. The van der Waals surface area contributed by atoms with Crippen LogP contribution in [0.15, 0.2) is 41.3 Å². The van der Waals surface area contributed by atoms with Crippen LogP contribution in [0.5, 0.6) is 5.75 Å². The number of primary amides is 1. The molecule has 11 heteroatoms. The molecule has 2 aromatic heterocycles. The Morgan fingerprint density at radius 1 is 1.21 bits per heavy atom. The third-order valence-electron chi connectivity index (χ3n) is 6.18. The maximum atomic E-state index is 14.5. The molecule has 1 saturated carbocycles. The lowest BCUT2D eigenvalue weighted by molar-refractivity contribution is -0.137. The molecule has 0 aliphatic heterocycles. The summed E-state index contributed by atoms with van der Waals surface area (Å²) in [5, 5.41) is -0.0884. The summed E-state index contributed by atoms with van der Waals surface area (Å²) in [6, 6.07) is 5.41. The molecule has 1 aliphatic carbocycles. The van der Waals surface area contributed by atoms with E-state index in [1.54, 1.807) is 0 Å². The molecule has 2 heterocycles. The second-order valence-corrected chi connectivity index (χ2v) is 8.30. The summed E-state index contributed by atoms with van der Waals surface area (Å²) < 4.78 is 74.4. The van der Waals surface area contributed by atoms with Crippen LogP contribution in [0, 0.1) is 0 Å². The molecule has 1 aromatic carbocycles. The van der Waals surface area contributed by atoms with Crippen LogP contribution >= 0.6 is 0 Å². The molecule has 1 aliphatic rings. The fourth-order valence-electron chi connectivity index (χ4n) is 4.64. The second-order valence-electron chi connectivity index (χ2n) is 8.30. The number of nitrogens with one attached hydrogen (secondary N) is 1. The van der Waals surface area contributed by atoms with E-state index in [1.165, 1.54) is 19.4 Å². The van der Waals surface area contributed by atoms with Crippen LogP contribution in [-0.4, -0.2) is 28.9 Å². The Hall–Kier alpha value is -3.50. The van der Waals surface area contributed by atoms with Crippen molar-refractivity contribution in [3.05, 3.63) is 69.3 Å². The smallest absolute Gasteiger partial charge is 0.416 e. The van der Waals surface area contributed by atoms with Crippen LogP contribution in [-0.2, 0) is 6.18 Å². The van der Waals surface area contributed by atoms with Crippen molar-refractivity contribution in [1.82, 2.24) is 9.97 Å². The van der Waals surface area contributed by atoms with Crippen LogP contribution < -0.4 is 15.9 Å². The molecular weight excluding hydrogens is 461 g/mol. The number of carbonyl (C=O) groups is 1. The fraction of sp³-hybridized carbons (Fsp3) is 0.348. The minimum absolute atomic E-state index is 0.0884. The Balaban J connectivity index is 1.89. The highest BCUT2D eigenvalue weighted by Gasteiger charge is 2.44. The van der Waals surface area contributed by atoms with Gasteiger partial charge in [0.2, 0.25) is 5.92 Å². The van der Waals surface area contributed by atoms with Crippen molar-refractivity contribution < 1.29 is 31.5 Å². The molecule has 1 amide bonds. The van der Waals surface area contributed by atoms with Gasteiger partial charge in [-0.1, -0.05) is 0 Å². The average molecular weight is 481 g/mol. The number of halogens is 5. The van der Waals surface area contributed by atoms with Gasteiger partial charge in [0.15, 0.2) is 5.43 Å². The van der Waals surface area contributed by atoms with E-state index in [9.17, 15) is 31.5 Å². The second kappa shape index (κ2) is 8.37. The molecule has 2 atom stereocenters. The molecule has 34 heavy (non-hydrogen) atoms. The number of benzene rings is 1. The highest BCUT2D eigenvalue weighted by molar-refractivity contribution is 6.03. The topological polar surface area (TPSA) is 98.1 Å². The molecule has 6 nitrogen and oxygen atoms in total. The predicted octanol–water partition coefficient (Wildman–Crippen LogP) is 4.74. The van der Waals surface area contributed by atoms with Gasteiger partial charge in [-0.05, 0) is 42.2 Å². The Labute approximate surface area is 189 Å². The van der Waals surface area contributed by atoms with Crippen LogP contribution in [0.3, 0.4) is 0 Å². The maximum absolute atomic E-state index is 14.5. The number of H-pyrrole nitrogens is 1. The van der Waals surface area contributed by atoms with Crippen molar-refractivity contribution in [3.8, 4) is 5.75 Å². The van der Waals surface area contributed by atoms with Gasteiger partial charge in [0, 0.05) is 36.7 Å². The lowest BCUT2D eigenvalue weighted by Gasteiger charge is -2.37. The number of rotatable bonds is 4. The molecule has 0 spiro atoms. The first-order valence-electron chi connectivity index (χ1n) is 10.4. The zero-order valence-electron chi connectivity index (χ0n) is 17.9.